The van der Waals surface area contributed by atoms with E-state index in [1.807, 2.05) is 23.1 Å². The van der Waals surface area contributed by atoms with E-state index in [9.17, 15) is 9.90 Å². The van der Waals surface area contributed by atoms with Crippen molar-refractivity contribution in [2.75, 3.05) is 19.6 Å². The molecule has 0 unspecified atom stereocenters. The van der Waals surface area contributed by atoms with Crippen LogP contribution >= 0.6 is 11.6 Å². The monoisotopic (exact) mass is 349 g/mol. The van der Waals surface area contributed by atoms with Crippen LogP contribution in [0.2, 0.25) is 5.02 Å². The van der Waals surface area contributed by atoms with Crippen molar-refractivity contribution in [1.82, 2.24) is 15.4 Å². The fourth-order valence-corrected chi connectivity index (χ4v) is 2.99. The van der Waals surface area contributed by atoms with Crippen molar-refractivity contribution >= 4 is 17.5 Å². The highest BCUT2D eigenvalue weighted by Gasteiger charge is 2.19. The predicted octanol–water partition coefficient (Wildman–Crippen LogP) is 2.07. The number of rotatable bonds is 5. The van der Waals surface area contributed by atoms with Gasteiger partial charge in [0.25, 0.3) is 0 Å². The smallest absolute Gasteiger partial charge is 0.234 e. The Morgan fingerprint density at radius 3 is 3.12 bits per heavy atom. The van der Waals surface area contributed by atoms with E-state index < -0.39 is 0 Å². The van der Waals surface area contributed by atoms with Gasteiger partial charge in [-0.2, -0.15) is 0 Å². The highest BCUT2D eigenvalue weighted by atomic mass is 35.5. The molecule has 1 aliphatic heterocycles. The molecule has 1 amide bonds. The summed E-state index contributed by atoms with van der Waals surface area (Å²) < 4.78 is 5.25. The summed E-state index contributed by atoms with van der Waals surface area (Å²) in [5.74, 6) is 0.488. The Labute approximate surface area is 145 Å². The minimum atomic E-state index is -0.332. The number of aliphatic hydroxyl groups is 1. The molecule has 1 aliphatic rings. The lowest BCUT2D eigenvalue weighted by Crippen LogP contribution is -2.44. The van der Waals surface area contributed by atoms with E-state index in [4.69, 9.17) is 16.1 Å². The fourth-order valence-electron chi connectivity index (χ4n) is 2.80. The second-order valence-corrected chi connectivity index (χ2v) is 6.43. The molecule has 1 fully saturated rings. The normalized spacial score (nSPS) is 18.5. The van der Waals surface area contributed by atoms with E-state index in [0.717, 1.165) is 24.9 Å². The first-order valence-electron chi connectivity index (χ1n) is 7.99. The Bertz CT molecular complexity index is 704. The molecule has 0 radical (unpaired) electrons. The Hall–Kier alpha value is -1.89. The van der Waals surface area contributed by atoms with Crippen LogP contribution in [-0.2, 0) is 11.3 Å². The molecule has 7 heteroatoms. The Balaban J connectivity index is 1.51. The number of nitrogens with zero attached hydrogens (tertiary/aromatic N) is 2. The first-order valence-corrected chi connectivity index (χ1v) is 8.36. The van der Waals surface area contributed by atoms with Gasteiger partial charge in [0.15, 0.2) is 5.76 Å². The zero-order valence-electron chi connectivity index (χ0n) is 13.2. The van der Waals surface area contributed by atoms with Crippen LogP contribution < -0.4 is 5.32 Å². The van der Waals surface area contributed by atoms with Crippen molar-refractivity contribution < 1.29 is 14.4 Å². The van der Waals surface area contributed by atoms with Gasteiger partial charge in [-0.05, 0) is 31.5 Å². The van der Waals surface area contributed by atoms with Crippen LogP contribution in [-0.4, -0.2) is 46.8 Å². The summed E-state index contributed by atoms with van der Waals surface area (Å²) in [6, 6.07) is 9.14. The van der Waals surface area contributed by atoms with Crippen molar-refractivity contribution in [2.24, 2.45) is 0 Å². The summed E-state index contributed by atoms with van der Waals surface area (Å²) in [7, 11) is 0. The Kier molecular flexibility index (Phi) is 5.50. The molecule has 1 saturated heterocycles. The van der Waals surface area contributed by atoms with Gasteiger partial charge < -0.3 is 14.9 Å². The van der Waals surface area contributed by atoms with Gasteiger partial charge in [-0.25, -0.2) is 0 Å². The van der Waals surface area contributed by atoms with Gasteiger partial charge in [0.1, 0.15) is 5.69 Å². The third kappa shape index (κ3) is 4.56. The van der Waals surface area contributed by atoms with E-state index in [1.54, 1.807) is 12.1 Å². The van der Waals surface area contributed by atoms with Crippen molar-refractivity contribution in [3.8, 4) is 11.3 Å². The SMILES string of the molecule is O=C(CN1CCC[C@H](O)C1)NCc1cc(-c2cccc(Cl)c2)no1. The molecule has 1 aromatic heterocycles. The average molecular weight is 350 g/mol. The molecule has 0 aliphatic carbocycles. The van der Waals surface area contributed by atoms with Gasteiger partial charge in [0, 0.05) is 23.2 Å². The van der Waals surface area contributed by atoms with E-state index in [0.29, 0.717) is 23.0 Å². The van der Waals surface area contributed by atoms with Crippen LogP contribution in [0.3, 0.4) is 0 Å². The first kappa shape index (κ1) is 17.0. The van der Waals surface area contributed by atoms with Crippen LogP contribution in [0.1, 0.15) is 18.6 Å². The third-order valence-corrected chi connectivity index (χ3v) is 4.22. The number of aliphatic hydroxyl groups excluding tert-OH is 1. The second kappa shape index (κ2) is 7.79. The van der Waals surface area contributed by atoms with Crippen molar-refractivity contribution in [1.29, 1.82) is 0 Å². The summed E-state index contributed by atoms with van der Waals surface area (Å²) in [6.07, 6.45) is 1.39. The zero-order chi connectivity index (χ0) is 16.9. The number of amides is 1. The lowest BCUT2D eigenvalue weighted by molar-refractivity contribution is -0.123. The molecule has 0 bridgehead atoms. The fraction of sp³-hybridized carbons (Fsp3) is 0.412. The molecule has 0 saturated carbocycles. The maximum atomic E-state index is 12.0. The number of β-amino-alcohol motifs (C(OH)–C–C–N with tert-alkyl or cyclic N) is 1. The van der Waals surface area contributed by atoms with Gasteiger partial charge in [0.05, 0.1) is 19.2 Å². The topological polar surface area (TPSA) is 78.6 Å². The minimum absolute atomic E-state index is 0.0928. The van der Waals surface area contributed by atoms with Crippen molar-refractivity contribution in [2.45, 2.75) is 25.5 Å². The third-order valence-electron chi connectivity index (χ3n) is 3.99. The zero-order valence-corrected chi connectivity index (χ0v) is 14.0. The van der Waals surface area contributed by atoms with E-state index in [1.165, 1.54) is 0 Å². The standard InChI is InChI=1S/C17H20ClN3O3/c18-13-4-1-3-12(7-13)16-8-15(24-20-16)9-19-17(23)11-21-6-2-5-14(22)10-21/h1,3-4,7-8,14,22H,2,5-6,9-11H2,(H,19,23)/t14-/m0/s1. The molecular weight excluding hydrogens is 330 g/mol. The highest BCUT2D eigenvalue weighted by molar-refractivity contribution is 6.30. The van der Waals surface area contributed by atoms with Crippen LogP contribution in [0, 0.1) is 0 Å². The largest absolute Gasteiger partial charge is 0.392 e. The number of likely N-dealkylation sites (tertiary alicyclic amines) is 1. The molecule has 1 atom stereocenters. The number of hydrogen-bond acceptors (Lipinski definition) is 5. The van der Waals surface area contributed by atoms with Crippen molar-refractivity contribution in [3.05, 3.63) is 41.1 Å². The molecule has 128 valence electrons. The highest BCUT2D eigenvalue weighted by Crippen LogP contribution is 2.22. The van der Waals surface area contributed by atoms with E-state index >= 15 is 0 Å². The minimum Gasteiger partial charge on any atom is -0.392 e. The lowest BCUT2D eigenvalue weighted by Gasteiger charge is -2.29. The Morgan fingerprint density at radius 2 is 2.33 bits per heavy atom. The Morgan fingerprint density at radius 1 is 1.46 bits per heavy atom. The van der Waals surface area contributed by atoms with Crippen LogP contribution in [0.25, 0.3) is 11.3 Å². The summed E-state index contributed by atoms with van der Waals surface area (Å²) >= 11 is 5.97. The molecule has 2 heterocycles. The molecule has 6 nitrogen and oxygen atoms in total. The number of hydrogen-bond donors (Lipinski definition) is 2. The number of carbonyl (C=O) groups is 1. The number of halogens is 1. The van der Waals surface area contributed by atoms with Crippen LogP contribution in [0.4, 0.5) is 0 Å². The maximum Gasteiger partial charge on any atom is 0.234 e. The van der Waals surface area contributed by atoms with Gasteiger partial charge in [-0.3, -0.25) is 9.69 Å². The molecule has 24 heavy (non-hydrogen) atoms. The van der Waals surface area contributed by atoms with Gasteiger partial charge in [0.2, 0.25) is 5.91 Å². The first-order chi connectivity index (χ1) is 11.6. The van der Waals surface area contributed by atoms with E-state index in [-0.39, 0.29) is 25.1 Å². The number of piperidine rings is 1. The van der Waals surface area contributed by atoms with Crippen molar-refractivity contribution in [3.63, 3.8) is 0 Å². The number of carbonyl (C=O) groups excluding carboxylic acids is 1. The van der Waals surface area contributed by atoms with Gasteiger partial charge >= 0.3 is 0 Å². The molecule has 1 aromatic carbocycles. The average Bonchev–Trinajstić information content (AvgIpc) is 3.02. The molecule has 3 rings (SSSR count). The lowest BCUT2D eigenvalue weighted by atomic mass is 10.1. The van der Waals surface area contributed by atoms with E-state index in [2.05, 4.69) is 10.5 Å². The van der Waals surface area contributed by atoms with Crippen LogP contribution in [0.5, 0.6) is 0 Å². The molecule has 0 spiro atoms. The maximum absolute atomic E-state index is 12.0. The van der Waals surface area contributed by atoms with Gasteiger partial charge in [-0.15, -0.1) is 0 Å². The second-order valence-electron chi connectivity index (χ2n) is 6.00. The number of nitrogens with one attached hydrogen (secondary N) is 1. The molecule has 2 aromatic rings. The number of aromatic nitrogens is 1. The van der Waals surface area contributed by atoms with Gasteiger partial charge in [-0.1, -0.05) is 28.9 Å². The summed E-state index contributed by atoms with van der Waals surface area (Å²) in [4.78, 5) is 14.0. The summed E-state index contributed by atoms with van der Waals surface area (Å²) in [5, 5.41) is 17.1. The predicted molar refractivity (Wildman–Crippen MR) is 90.5 cm³/mol. The summed E-state index contributed by atoms with van der Waals surface area (Å²) in [5.41, 5.74) is 1.55. The summed E-state index contributed by atoms with van der Waals surface area (Å²) in [6.45, 7) is 1.95. The quantitative estimate of drug-likeness (QED) is 0.864. The number of benzene rings is 1. The molecule has 2 N–H and O–H groups in total. The molecular formula is C17H20ClN3O3. The van der Waals surface area contributed by atoms with Crippen LogP contribution in [0.15, 0.2) is 34.9 Å².